The standard InChI is InChI=1S/C17H29NO9/c1-14(19)24-10-12-26-16(21)4-6-18(8-9-23-3)7-5-17(22)27-13-11-25-15(2)20/h4-13H2,1-3H3. The van der Waals surface area contributed by atoms with Gasteiger partial charge in [-0.25, -0.2) is 0 Å². The summed E-state index contributed by atoms with van der Waals surface area (Å²) in [6, 6.07) is 0. The van der Waals surface area contributed by atoms with Crippen molar-refractivity contribution < 1.29 is 42.9 Å². The van der Waals surface area contributed by atoms with Crippen LogP contribution < -0.4 is 0 Å². The highest BCUT2D eigenvalue weighted by Crippen LogP contribution is 1.99. The molecule has 0 rings (SSSR count). The molecular formula is C17H29NO9. The number of esters is 4. The van der Waals surface area contributed by atoms with Gasteiger partial charge in [-0.2, -0.15) is 0 Å². The van der Waals surface area contributed by atoms with Crippen molar-refractivity contribution in [2.24, 2.45) is 0 Å². The summed E-state index contributed by atoms with van der Waals surface area (Å²) in [5.74, 6) is -1.71. The summed E-state index contributed by atoms with van der Waals surface area (Å²) in [4.78, 5) is 46.4. The predicted molar refractivity (Wildman–Crippen MR) is 92.7 cm³/mol. The summed E-state index contributed by atoms with van der Waals surface area (Å²) in [6.45, 7) is 4.36. The van der Waals surface area contributed by atoms with Crippen molar-refractivity contribution in [3.8, 4) is 0 Å². The quantitative estimate of drug-likeness (QED) is 0.213. The van der Waals surface area contributed by atoms with Crippen molar-refractivity contribution in [1.82, 2.24) is 4.90 Å². The molecule has 0 aromatic carbocycles. The topological polar surface area (TPSA) is 118 Å². The van der Waals surface area contributed by atoms with Crippen LogP contribution in [-0.4, -0.2) is 88.6 Å². The zero-order valence-corrected chi connectivity index (χ0v) is 16.2. The highest BCUT2D eigenvalue weighted by atomic mass is 16.6. The Bertz CT molecular complexity index is 429. The lowest BCUT2D eigenvalue weighted by Crippen LogP contribution is -2.32. The molecule has 0 aliphatic carbocycles. The lowest BCUT2D eigenvalue weighted by molar-refractivity contribution is -0.151. The van der Waals surface area contributed by atoms with Gasteiger partial charge in [-0.05, 0) is 0 Å². The van der Waals surface area contributed by atoms with Crippen LogP contribution in [0.25, 0.3) is 0 Å². The molecule has 0 aliphatic heterocycles. The summed E-state index contributed by atoms with van der Waals surface area (Å²) in [5.41, 5.74) is 0. The van der Waals surface area contributed by atoms with Crippen LogP contribution >= 0.6 is 0 Å². The van der Waals surface area contributed by atoms with E-state index in [1.54, 1.807) is 7.11 Å². The summed E-state index contributed by atoms with van der Waals surface area (Å²) in [5, 5.41) is 0. The third kappa shape index (κ3) is 17.0. The predicted octanol–water partition coefficient (Wildman–Crippen LogP) is -0.0724. The maximum atomic E-state index is 11.7. The monoisotopic (exact) mass is 391 g/mol. The average Bonchev–Trinajstić information content (AvgIpc) is 2.61. The molecule has 0 saturated carbocycles. The number of carbonyl (C=O) groups is 4. The molecule has 0 radical (unpaired) electrons. The van der Waals surface area contributed by atoms with E-state index < -0.39 is 23.9 Å². The maximum Gasteiger partial charge on any atom is 0.307 e. The SMILES string of the molecule is COCCN(CCC(=O)OCCOC(C)=O)CCC(=O)OCCOC(C)=O. The van der Waals surface area contributed by atoms with E-state index in [0.29, 0.717) is 26.2 Å². The van der Waals surface area contributed by atoms with Crippen LogP contribution in [0.2, 0.25) is 0 Å². The Balaban J connectivity index is 4.04. The van der Waals surface area contributed by atoms with E-state index in [0.717, 1.165) is 0 Å². The van der Waals surface area contributed by atoms with Crippen molar-refractivity contribution in [3.63, 3.8) is 0 Å². The van der Waals surface area contributed by atoms with Crippen LogP contribution in [0.15, 0.2) is 0 Å². The minimum atomic E-state index is -0.434. The number of rotatable bonds is 15. The normalized spacial score (nSPS) is 10.4. The maximum absolute atomic E-state index is 11.7. The lowest BCUT2D eigenvalue weighted by atomic mass is 10.3. The lowest BCUT2D eigenvalue weighted by Gasteiger charge is -2.21. The van der Waals surface area contributed by atoms with Gasteiger partial charge in [-0.15, -0.1) is 0 Å². The molecule has 10 nitrogen and oxygen atoms in total. The molecule has 10 heteroatoms. The van der Waals surface area contributed by atoms with E-state index in [1.807, 2.05) is 4.90 Å². The molecule has 0 aromatic heterocycles. The van der Waals surface area contributed by atoms with Gasteiger partial charge >= 0.3 is 23.9 Å². The van der Waals surface area contributed by atoms with E-state index >= 15 is 0 Å². The molecule has 0 aromatic rings. The summed E-state index contributed by atoms with van der Waals surface area (Å²) in [7, 11) is 1.56. The molecule has 156 valence electrons. The van der Waals surface area contributed by atoms with Gasteiger partial charge in [-0.3, -0.25) is 24.1 Å². The molecule has 0 unspecified atom stereocenters. The van der Waals surface area contributed by atoms with Crippen molar-refractivity contribution in [1.29, 1.82) is 0 Å². The fourth-order valence-electron chi connectivity index (χ4n) is 1.88. The average molecular weight is 391 g/mol. The minimum absolute atomic E-state index is 0.00510. The fourth-order valence-corrected chi connectivity index (χ4v) is 1.88. The molecule has 0 heterocycles. The summed E-state index contributed by atoms with van der Waals surface area (Å²) in [6.07, 6.45) is 0.260. The molecule has 0 amide bonds. The summed E-state index contributed by atoms with van der Waals surface area (Å²) >= 11 is 0. The first-order valence-corrected chi connectivity index (χ1v) is 8.64. The second-order valence-corrected chi connectivity index (χ2v) is 5.46. The van der Waals surface area contributed by atoms with E-state index in [2.05, 4.69) is 9.47 Å². The van der Waals surface area contributed by atoms with E-state index in [4.69, 9.17) is 14.2 Å². The first kappa shape index (κ1) is 24.8. The van der Waals surface area contributed by atoms with Gasteiger partial charge in [0.2, 0.25) is 0 Å². The van der Waals surface area contributed by atoms with Gasteiger partial charge in [0.25, 0.3) is 0 Å². The Kier molecular flexibility index (Phi) is 14.7. The smallest absolute Gasteiger partial charge is 0.307 e. The van der Waals surface area contributed by atoms with Crippen molar-refractivity contribution >= 4 is 23.9 Å². The number of hydrogen-bond donors (Lipinski definition) is 0. The third-order valence-corrected chi connectivity index (χ3v) is 3.18. The van der Waals surface area contributed by atoms with Crippen LogP contribution in [0.4, 0.5) is 0 Å². The fraction of sp³-hybridized carbons (Fsp3) is 0.765. The summed E-state index contributed by atoms with van der Waals surface area (Å²) < 4.78 is 24.3. The number of methoxy groups -OCH3 is 1. The molecule has 0 bridgehead atoms. The first-order chi connectivity index (χ1) is 12.8. The van der Waals surface area contributed by atoms with Gasteiger partial charge in [0.1, 0.15) is 26.4 Å². The van der Waals surface area contributed by atoms with Crippen molar-refractivity contribution in [3.05, 3.63) is 0 Å². The molecule has 27 heavy (non-hydrogen) atoms. The molecule has 0 spiro atoms. The zero-order chi connectivity index (χ0) is 20.5. The van der Waals surface area contributed by atoms with Gasteiger partial charge in [0.05, 0.1) is 19.4 Å². The third-order valence-electron chi connectivity index (χ3n) is 3.18. The molecule has 0 fully saturated rings. The van der Waals surface area contributed by atoms with E-state index in [1.165, 1.54) is 13.8 Å². The van der Waals surface area contributed by atoms with Gasteiger partial charge in [0.15, 0.2) is 0 Å². The Labute approximate surface area is 159 Å². The van der Waals surface area contributed by atoms with Crippen LogP contribution in [0.5, 0.6) is 0 Å². The van der Waals surface area contributed by atoms with Gasteiger partial charge in [0, 0.05) is 40.6 Å². The Morgan fingerprint density at radius 2 is 1.04 bits per heavy atom. The minimum Gasteiger partial charge on any atom is -0.462 e. The molecule has 0 saturated heterocycles. The Hall–Kier alpha value is -2.20. The van der Waals surface area contributed by atoms with Crippen LogP contribution in [0.1, 0.15) is 26.7 Å². The Morgan fingerprint density at radius 3 is 1.41 bits per heavy atom. The Morgan fingerprint density at radius 1 is 0.630 bits per heavy atom. The molecular weight excluding hydrogens is 362 g/mol. The van der Waals surface area contributed by atoms with Gasteiger partial charge < -0.3 is 23.7 Å². The van der Waals surface area contributed by atoms with Crippen LogP contribution in [0.3, 0.4) is 0 Å². The van der Waals surface area contributed by atoms with Crippen LogP contribution in [-0.2, 0) is 42.9 Å². The molecule has 0 atom stereocenters. The van der Waals surface area contributed by atoms with Crippen molar-refractivity contribution in [2.75, 3.05) is 59.8 Å². The molecule has 0 N–H and O–H groups in total. The first-order valence-electron chi connectivity index (χ1n) is 8.64. The largest absolute Gasteiger partial charge is 0.462 e. The number of ether oxygens (including phenoxy) is 5. The highest BCUT2D eigenvalue weighted by Gasteiger charge is 2.12. The van der Waals surface area contributed by atoms with Gasteiger partial charge in [-0.1, -0.05) is 0 Å². The van der Waals surface area contributed by atoms with Crippen LogP contribution in [0, 0.1) is 0 Å². The van der Waals surface area contributed by atoms with E-state index in [9.17, 15) is 19.2 Å². The number of nitrogens with zero attached hydrogens (tertiary/aromatic N) is 1. The zero-order valence-electron chi connectivity index (χ0n) is 16.2. The number of hydrogen-bond acceptors (Lipinski definition) is 10. The second-order valence-electron chi connectivity index (χ2n) is 5.46. The highest BCUT2D eigenvalue weighted by molar-refractivity contribution is 5.70. The van der Waals surface area contributed by atoms with E-state index in [-0.39, 0.29) is 39.3 Å². The van der Waals surface area contributed by atoms with Crippen molar-refractivity contribution in [2.45, 2.75) is 26.7 Å². The number of carbonyl (C=O) groups excluding carboxylic acids is 4. The second kappa shape index (κ2) is 16.0. The molecule has 0 aliphatic rings.